The van der Waals surface area contributed by atoms with E-state index in [4.69, 9.17) is 4.74 Å². The van der Waals surface area contributed by atoms with Crippen molar-refractivity contribution in [3.05, 3.63) is 83.4 Å². The molecule has 0 radical (unpaired) electrons. The molecule has 0 heterocycles. The summed E-state index contributed by atoms with van der Waals surface area (Å²) in [7, 11) is -2.19. The molecule has 0 aliphatic rings. The number of rotatable bonds is 6. The summed E-state index contributed by atoms with van der Waals surface area (Å²) in [6, 6.07) is 18.4. The number of sulfonamides is 1. The van der Waals surface area contributed by atoms with E-state index in [-0.39, 0.29) is 10.8 Å². The lowest BCUT2D eigenvalue weighted by Gasteiger charge is -2.14. The van der Waals surface area contributed by atoms with E-state index in [2.05, 4.69) is 10.0 Å². The maximum Gasteiger partial charge on any atom is 0.261 e. The van der Waals surface area contributed by atoms with Crippen LogP contribution in [0.1, 0.15) is 21.5 Å². The van der Waals surface area contributed by atoms with Crippen LogP contribution in [0.3, 0.4) is 0 Å². The van der Waals surface area contributed by atoms with E-state index < -0.39 is 10.0 Å². The molecule has 3 rings (SSSR count). The van der Waals surface area contributed by atoms with Gasteiger partial charge in [0.05, 0.1) is 17.7 Å². The van der Waals surface area contributed by atoms with Gasteiger partial charge >= 0.3 is 0 Å². The van der Waals surface area contributed by atoms with Crippen LogP contribution in [0.25, 0.3) is 0 Å². The van der Waals surface area contributed by atoms with Crippen LogP contribution in [0, 0.1) is 13.8 Å². The predicted octanol–water partition coefficient (Wildman–Crippen LogP) is 4.37. The Morgan fingerprint density at radius 1 is 0.897 bits per heavy atom. The summed E-state index contributed by atoms with van der Waals surface area (Å²) in [5, 5.41) is 2.81. The summed E-state index contributed by atoms with van der Waals surface area (Å²) < 4.78 is 33.0. The summed E-state index contributed by atoms with van der Waals surface area (Å²) in [5.74, 6) is 0.357. The number of carbonyl (C=O) groups excluding carboxylic acids is 1. The number of aryl methyl sites for hydroxylation is 1. The molecule has 0 aliphatic carbocycles. The number of nitrogens with one attached hydrogen (secondary N) is 2. The van der Waals surface area contributed by atoms with Crippen LogP contribution in [-0.4, -0.2) is 21.4 Å². The normalized spacial score (nSPS) is 11.0. The minimum absolute atomic E-state index is 0.163. The van der Waals surface area contributed by atoms with Gasteiger partial charge in [0.25, 0.3) is 15.9 Å². The third kappa shape index (κ3) is 4.75. The number of ether oxygens (including phenoxy) is 1. The molecule has 2 N–H and O–H groups in total. The average molecular weight is 410 g/mol. The second-order valence-corrected chi connectivity index (χ2v) is 8.26. The van der Waals surface area contributed by atoms with Gasteiger partial charge < -0.3 is 10.1 Å². The largest absolute Gasteiger partial charge is 0.497 e. The highest BCUT2D eigenvalue weighted by Gasteiger charge is 2.18. The van der Waals surface area contributed by atoms with E-state index >= 15 is 0 Å². The topological polar surface area (TPSA) is 84.5 Å². The Morgan fingerprint density at radius 3 is 2.17 bits per heavy atom. The zero-order chi connectivity index (χ0) is 21.0. The van der Waals surface area contributed by atoms with Crippen molar-refractivity contribution in [1.29, 1.82) is 0 Å². The number of benzene rings is 3. The summed E-state index contributed by atoms with van der Waals surface area (Å²) in [6.07, 6.45) is 0. The predicted molar refractivity (Wildman–Crippen MR) is 114 cm³/mol. The fourth-order valence-electron chi connectivity index (χ4n) is 2.79. The van der Waals surface area contributed by atoms with E-state index in [9.17, 15) is 13.2 Å². The first kappa shape index (κ1) is 20.4. The van der Waals surface area contributed by atoms with Crippen LogP contribution in [0.4, 0.5) is 11.4 Å². The Kier molecular flexibility index (Phi) is 5.89. The zero-order valence-electron chi connectivity index (χ0n) is 16.4. The van der Waals surface area contributed by atoms with Crippen molar-refractivity contribution in [1.82, 2.24) is 0 Å². The van der Waals surface area contributed by atoms with Crippen LogP contribution < -0.4 is 14.8 Å². The Labute approximate surface area is 170 Å². The van der Waals surface area contributed by atoms with Crippen LogP contribution in [0.5, 0.6) is 5.75 Å². The van der Waals surface area contributed by atoms with Gasteiger partial charge in [-0.15, -0.1) is 0 Å². The first-order chi connectivity index (χ1) is 13.8. The molecular weight excluding hydrogens is 388 g/mol. The molecule has 0 unspecified atom stereocenters. The van der Waals surface area contributed by atoms with Gasteiger partial charge in [-0.2, -0.15) is 0 Å². The molecule has 3 aromatic rings. The van der Waals surface area contributed by atoms with Crippen LogP contribution in [-0.2, 0) is 10.0 Å². The van der Waals surface area contributed by atoms with Gasteiger partial charge in [0.1, 0.15) is 5.75 Å². The number of methoxy groups -OCH3 is 1. The molecule has 1 amide bonds. The summed E-state index contributed by atoms with van der Waals surface area (Å²) in [5.41, 5.74) is 2.85. The highest BCUT2D eigenvalue weighted by atomic mass is 32.2. The molecule has 0 spiro atoms. The number of hydrogen-bond acceptors (Lipinski definition) is 4. The first-order valence-corrected chi connectivity index (χ1v) is 10.4. The maximum atomic E-state index is 12.7. The summed E-state index contributed by atoms with van der Waals surface area (Å²) >= 11 is 0. The Balaban J connectivity index is 1.83. The van der Waals surface area contributed by atoms with Gasteiger partial charge in [-0.05, 0) is 67.9 Å². The summed E-state index contributed by atoms with van der Waals surface area (Å²) in [4.78, 5) is 12.9. The fourth-order valence-corrected chi connectivity index (χ4v) is 3.91. The van der Waals surface area contributed by atoms with Gasteiger partial charge in [-0.25, -0.2) is 8.42 Å². The zero-order valence-corrected chi connectivity index (χ0v) is 17.2. The third-order valence-corrected chi connectivity index (χ3v) is 5.88. The SMILES string of the molecule is COc1ccc(NC(=O)c2cccc(NS(=O)(=O)c3ccc(C)cc3)c2C)cc1. The smallest absolute Gasteiger partial charge is 0.261 e. The fraction of sp³-hybridized carbons (Fsp3) is 0.136. The van der Waals surface area contributed by atoms with E-state index in [1.807, 2.05) is 6.92 Å². The standard InChI is InChI=1S/C22H22N2O4S/c1-15-7-13-19(14-8-15)29(26,27)24-21-6-4-5-20(16(21)2)22(25)23-17-9-11-18(28-3)12-10-17/h4-14,24H,1-3H3,(H,23,25). The van der Waals surface area contributed by atoms with Gasteiger partial charge in [0.15, 0.2) is 0 Å². The van der Waals surface area contributed by atoms with Crippen molar-refractivity contribution in [2.24, 2.45) is 0 Å². The molecule has 0 fully saturated rings. The number of hydrogen-bond donors (Lipinski definition) is 2. The number of anilines is 2. The van der Waals surface area contributed by atoms with Crippen molar-refractivity contribution < 1.29 is 17.9 Å². The minimum Gasteiger partial charge on any atom is -0.497 e. The second kappa shape index (κ2) is 8.36. The molecule has 0 aliphatic heterocycles. The molecule has 0 bridgehead atoms. The van der Waals surface area contributed by atoms with E-state index in [1.165, 1.54) is 0 Å². The Bertz CT molecular complexity index is 1120. The van der Waals surface area contributed by atoms with E-state index in [1.54, 1.807) is 80.8 Å². The highest BCUT2D eigenvalue weighted by Crippen LogP contribution is 2.24. The Morgan fingerprint density at radius 2 is 1.55 bits per heavy atom. The summed E-state index contributed by atoms with van der Waals surface area (Å²) in [6.45, 7) is 3.59. The van der Waals surface area contributed by atoms with Crippen molar-refractivity contribution in [2.75, 3.05) is 17.1 Å². The molecule has 0 saturated carbocycles. The van der Waals surface area contributed by atoms with Crippen molar-refractivity contribution >= 4 is 27.3 Å². The lowest BCUT2D eigenvalue weighted by molar-refractivity contribution is 0.102. The van der Waals surface area contributed by atoms with Gasteiger partial charge in [-0.1, -0.05) is 23.8 Å². The molecule has 3 aromatic carbocycles. The van der Waals surface area contributed by atoms with Crippen molar-refractivity contribution in [3.63, 3.8) is 0 Å². The Hall–Kier alpha value is -3.32. The molecule has 0 atom stereocenters. The number of carbonyl (C=O) groups is 1. The van der Waals surface area contributed by atoms with Gasteiger partial charge in [0.2, 0.25) is 0 Å². The molecule has 150 valence electrons. The monoisotopic (exact) mass is 410 g/mol. The van der Waals surface area contributed by atoms with Crippen LogP contribution in [0.2, 0.25) is 0 Å². The third-order valence-electron chi connectivity index (χ3n) is 4.50. The van der Waals surface area contributed by atoms with E-state index in [0.29, 0.717) is 28.3 Å². The second-order valence-electron chi connectivity index (χ2n) is 6.58. The molecule has 7 heteroatoms. The molecule has 29 heavy (non-hydrogen) atoms. The van der Waals surface area contributed by atoms with Gasteiger partial charge in [-0.3, -0.25) is 9.52 Å². The van der Waals surface area contributed by atoms with Crippen molar-refractivity contribution in [3.8, 4) is 5.75 Å². The van der Waals surface area contributed by atoms with E-state index in [0.717, 1.165) is 5.56 Å². The number of amides is 1. The maximum absolute atomic E-state index is 12.7. The lowest BCUT2D eigenvalue weighted by Crippen LogP contribution is -2.17. The first-order valence-electron chi connectivity index (χ1n) is 8.94. The minimum atomic E-state index is -3.76. The van der Waals surface area contributed by atoms with Crippen LogP contribution in [0.15, 0.2) is 71.6 Å². The molecule has 0 aromatic heterocycles. The highest BCUT2D eigenvalue weighted by molar-refractivity contribution is 7.92. The molecule has 6 nitrogen and oxygen atoms in total. The quantitative estimate of drug-likeness (QED) is 0.632. The average Bonchev–Trinajstić information content (AvgIpc) is 2.70. The van der Waals surface area contributed by atoms with Gasteiger partial charge in [0, 0.05) is 11.3 Å². The molecular formula is C22H22N2O4S. The lowest BCUT2D eigenvalue weighted by atomic mass is 10.1. The van der Waals surface area contributed by atoms with Crippen LogP contribution >= 0.6 is 0 Å². The van der Waals surface area contributed by atoms with Crippen molar-refractivity contribution in [2.45, 2.75) is 18.7 Å². The molecule has 0 saturated heterocycles.